The molecule has 0 radical (unpaired) electrons. The van der Waals surface area contributed by atoms with Crippen LogP contribution in [0.15, 0.2) is 35.1 Å². The molecule has 214 valence electrons. The maximum atomic E-state index is 16.1. The van der Waals surface area contributed by atoms with Gasteiger partial charge in [0, 0.05) is 47.3 Å². The van der Waals surface area contributed by atoms with Gasteiger partial charge in [0.05, 0.1) is 17.2 Å². The Morgan fingerprint density at radius 2 is 1.88 bits per heavy atom. The second-order valence-corrected chi connectivity index (χ2v) is 12.4. The number of Topliss-reactive ketones (excluding diaryl/α,β-unsaturated/α-hetero) is 1. The molecule has 0 unspecified atom stereocenters. The van der Waals surface area contributed by atoms with E-state index in [-0.39, 0.29) is 46.6 Å². The number of carbonyl (C=O) groups is 2. The van der Waals surface area contributed by atoms with Crippen LogP contribution in [0.3, 0.4) is 0 Å². The Bertz CT molecular complexity index is 1410. The van der Waals surface area contributed by atoms with E-state index in [0.717, 1.165) is 19.4 Å². The first-order valence-corrected chi connectivity index (χ1v) is 13.9. The third kappa shape index (κ3) is 3.91. The largest absolute Gasteiger partial charge is 0.510 e. The van der Waals surface area contributed by atoms with Crippen molar-refractivity contribution in [3.63, 3.8) is 0 Å². The maximum absolute atomic E-state index is 16.1. The number of fused-ring (bicyclic) bond motifs is 3. The van der Waals surface area contributed by atoms with Gasteiger partial charge in [0.2, 0.25) is 0 Å². The molecule has 1 aromatic rings. The monoisotopic (exact) mass is 553 g/mol. The lowest BCUT2D eigenvalue weighted by atomic mass is 9.56. The van der Waals surface area contributed by atoms with E-state index in [1.54, 1.807) is 19.0 Å². The van der Waals surface area contributed by atoms with Crippen LogP contribution in [0.4, 0.5) is 4.39 Å². The molecule has 0 heterocycles. The minimum atomic E-state index is -2.34. The highest BCUT2D eigenvalue weighted by atomic mass is 19.1. The van der Waals surface area contributed by atoms with Crippen LogP contribution in [-0.2, 0) is 22.6 Å². The van der Waals surface area contributed by atoms with Gasteiger partial charge in [0.15, 0.2) is 11.4 Å². The van der Waals surface area contributed by atoms with E-state index in [1.807, 2.05) is 0 Å². The number of hydrogen-bond donors (Lipinski definition) is 5. The summed E-state index contributed by atoms with van der Waals surface area (Å²) in [7, 11) is 3.27. The van der Waals surface area contributed by atoms with Crippen molar-refractivity contribution in [3.05, 3.63) is 57.6 Å². The van der Waals surface area contributed by atoms with Crippen molar-refractivity contribution in [3.8, 4) is 5.75 Å². The smallest absolute Gasteiger partial charge is 0.252 e. The fraction of sp³-hybridized carbons (Fsp3) is 0.533. The SMILES string of the molecule is C=C1C(C(N)=O)=C(O)[C@@H](N(C)C)[C@@H]2C[C@@H]3Cc4c(F)c(CN(CC5CC5)C5CC5)cc(O)c4C(O)=C3C(=O)[C@]12O. The lowest BCUT2D eigenvalue weighted by Crippen LogP contribution is -2.63. The normalized spacial score (nSPS) is 30.1. The molecular weight excluding hydrogens is 517 g/mol. The number of ketones is 1. The van der Waals surface area contributed by atoms with Crippen LogP contribution in [0.2, 0.25) is 0 Å². The van der Waals surface area contributed by atoms with Gasteiger partial charge in [-0.3, -0.25) is 19.4 Å². The van der Waals surface area contributed by atoms with Gasteiger partial charge >= 0.3 is 0 Å². The van der Waals surface area contributed by atoms with E-state index in [1.165, 1.54) is 18.9 Å². The van der Waals surface area contributed by atoms with Gasteiger partial charge in [-0.15, -0.1) is 0 Å². The number of aliphatic hydroxyl groups is 3. The molecule has 0 aromatic heterocycles. The highest BCUT2D eigenvalue weighted by molar-refractivity contribution is 6.13. The molecule has 3 saturated carbocycles. The average molecular weight is 554 g/mol. The van der Waals surface area contributed by atoms with Crippen molar-refractivity contribution in [2.45, 2.75) is 62.8 Å². The Morgan fingerprint density at radius 1 is 1.20 bits per heavy atom. The fourth-order valence-corrected chi connectivity index (χ4v) is 7.27. The number of primary amides is 1. The summed E-state index contributed by atoms with van der Waals surface area (Å²) in [4.78, 5) is 30.1. The molecule has 0 aliphatic heterocycles. The number of amides is 1. The molecule has 9 nitrogen and oxygen atoms in total. The standard InChI is InChI=1S/C30H36FN3O6/c1-13-21(29(32)39)27(37)25(33(2)3)19-9-15-8-18-23(26(36)22(15)28(38)30(13,19)40)20(35)10-16(24(18)31)12-34(17-6-7-17)11-14-4-5-14/h10,14-15,17,19,25,35-37,40H,1,4-9,11-12H2,2-3H3,(H2,32,39)/t15-,19-,25-,30-/m0/s1. The molecule has 0 saturated heterocycles. The molecule has 5 aliphatic carbocycles. The summed E-state index contributed by atoms with van der Waals surface area (Å²) in [6.07, 6.45) is 4.61. The number of halogens is 1. The summed E-state index contributed by atoms with van der Waals surface area (Å²) in [6, 6.07) is 0.789. The summed E-state index contributed by atoms with van der Waals surface area (Å²) in [5.74, 6) is -4.77. The third-order valence-corrected chi connectivity index (χ3v) is 9.54. The van der Waals surface area contributed by atoms with Crippen LogP contribution in [0, 0.1) is 23.6 Å². The second kappa shape index (κ2) is 9.15. The molecule has 40 heavy (non-hydrogen) atoms. The Balaban J connectivity index is 1.43. The van der Waals surface area contributed by atoms with Crippen molar-refractivity contribution >= 4 is 17.4 Å². The number of phenols is 1. The van der Waals surface area contributed by atoms with Crippen molar-refractivity contribution in [2.24, 2.45) is 23.5 Å². The number of aromatic hydroxyl groups is 1. The summed E-state index contributed by atoms with van der Waals surface area (Å²) in [5, 5.41) is 45.2. The van der Waals surface area contributed by atoms with Gasteiger partial charge in [-0.25, -0.2) is 4.39 Å². The quantitative estimate of drug-likeness (QED) is 0.346. The van der Waals surface area contributed by atoms with E-state index in [4.69, 9.17) is 5.73 Å². The van der Waals surface area contributed by atoms with Crippen LogP contribution in [0.1, 0.15) is 48.8 Å². The summed E-state index contributed by atoms with van der Waals surface area (Å²) < 4.78 is 16.1. The molecule has 0 bridgehead atoms. The molecule has 1 aromatic carbocycles. The van der Waals surface area contributed by atoms with E-state index in [0.29, 0.717) is 24.1 Å². The number of rotatable bonds is 7. The molecule has 6 N–H and O–H groups in total. The number of phenolic OH excluding ortho intramolecular Hbond substituents is 1. The summed E-state index contributed by atoms with van der Waals surface area (Å²) in [6.45, 7) is 5.02. The predicted octanol–water partition coefficient (Wildman–Crippen LogP) is 2.46. The third-order valence-electron chi connectivity index (χ3n) is 9.54. The van der Waals surface area contributed by atoms with Gasteiger partial charge in [-0.05, 0) is 70.5 Å². The summed E-state index contributed by atoms with van der Waals surface area (Å²) in [5.41, 5.74) is 2.58. The molecule has 0 spiro atoms. The highest BCUT2D eigenvalue weighted by Gasteiger charge is 2.62. The van der Waals surface area contributed by atoms with E-state index in [9.17, 15) is 30.0 Å². The summed E-state index contributed by atoms with van der Waals surface area (Å²) >= 11 is 0. The first-order chi connectivity index (χ1) is 18.9. The Labute approximate surface area is 232 Å². The molecular formula is C30H36FN3O6. The van der Waals surface area contributed by atoms with Gasteiger partial charge < -0.3 is 26.2 Å². The topological polar surface area (TPSA) is 148 Å². The van der Waals surface area contributed by atoms with Crippen LogP contribution >= 0.6 is 0 Å². The van der Waals surface area contributed by atoms with E-state index < -0.39 is 52.3 Å². The van der Waals surface area contributed by atoms with Gasteiger partial charge in [0.25, 0.3) is 5.91 Å². The van der Waals surface area contributed by atoms with E-state index in [2.05, 4.69) is 11.5 Å². The Kier molecular flexibility index (Phi) is 6.18. The lowest BCUT2D eigenvalue weighted by Gasteiger charge is -2.52. The predicted molar refractivity (Wildman–Crippen MR) is 144 cm³/mol. The first-order valence-electron chi connectivity index (χ1n) is 13.9. The number of aliphatic hydroxyl groups excluding tert-OH is 2. The first kappa shape index (κ1) is 27.0. The lowest BCUT2D eigenvalue weighted by molar-refractivity contribution is -0.143. The van der Waals surface area contributed by atoms with Gasteiger partial charge in [-0.1, -0.05) is 6.58 Å². The number of hydrogen-bond acceptors (Lipinski definition) is 8. The minimum Gasteiger partial charge on any atom is -0.510 e. The second-order valence-electron chi connectivity index (χ2n) is 12.4. The number of carbonyl (C=O) groups excluding carboxylic acids is 2. The number of nitrogens with zero attached hydrogens (tertiary/aromatic N) is 2. The zero-order chi connectivity index (χ0) is 28.8. The van der Waals surface area contributed by atoms with Crippen molar-refractivity contribution in [1.82, 2.24) is 9.80 Å². The van der Waals surface area contributed by atoms with Crippen molar-refractivity contribution < 1.29 is 34.4 Å². The van der Waals surface area contributed by atoms with Crippen LogP contribution in [-0.4, -0.2) is 80.2 Å². The number of likely N-dealkylation sites (N-methyl/N-ethyl adjacent to an activating group) is 1. The minimum absolute atomic E-state index is 0.0200. The van der Waals surface area contributed by atoms with Gasteiger partial charge in [-0.2, -0.15) is 0 Å². The maximum Gasteiger partial charge on any atom is 0.252 e. The van der Waals surface area contributed by atoms with Crippen molar-refractivity contribution in [2.75, 3.05) is 20.6 Å². The molecule has 4 atom stereocenters. The molecule has 1 amide bonds. The fourth-order valence-electron chi connectivity index (χ4n) is 7.27. The molecule has 10 heteroatoms. The Morgan fingerprint density at radius 3 is 2.45 bits per heavy atom. The number of nitrogens with two attached hydrogens (primary N) is 1. The number of benzene rings is 1. The highest BCUT2D eigenvalue weighted by Crippen LogP contribution is 2.54. The van der Waals surface area contributed by atoms with Gasteiger partial charge in [0.1, 0.15) is 23.1 Å². The van der Waals surface area contributed by atoms with Crippen LogP contribution in [0.25, 0.3) is 5.76 Å². The van der Waals surface area contributed by atoms with Crippen molar-refractivity contribution in [1.29, 1.82) is 0 Å². The molecule has 6 rings (SSSR count). The molecule has 5 aliphatic rings. The zero-order valence-corrected chi connectivity index (χ0v) is 22.8. The molecule has 3 fully saturated rings. The Hall–Kier alpha value is -3.21. The van der Waals surface area contributed by atoms with Crippen LogP contribution in [0.5, 0.6) is 5.75 Å². The van der Waals surface area contributed by atoms with Crippen LogP contribution < -0.4 is 5.73 Å². The van der Waals surface area contributed by atoms with E-state index >= 15 is 4.39 Å². The zero-order valence-electron chi connectivity index (χ0n) is 22.8. The average Bonchev–Trinajstić information content (AvgIpc) is 3.78.